The molecule has 0 atom stereocenters. The van der Waals surface area contributed by atoms with Crippen LogP contribution in [-0.2, 0) is 16.2 Å². The van der Waals surface area contributed by atoms with Gasteiger partial charge in [0.25, 0.3) is 0 Å². The molecule has 216 valence electrons. The number of para-hydroxylation sites is 3. The van der Waals surface area contributed by atoms with Crippen molar-refractivity contribution in [1.82, 2.24) is 0 Å². The van der Waals surface area contributed by atoms with Crippen molar-refractivity contribution in [3.8, 4) is 0 Å². The second-order valence-corrected chi connectivity index (χ2v) is 14.0. The Hall–Kier alpha value is -4.30. The van der Waals surface area contributed by atoms with Gasteiger partial charge in [0.2, 0.25) is 0 Å². The van der Waals surface area contributed by atoms with E-state index in [0.717, 1.165) is 6.42 Å². The van der Waals surface area contributed by atoms with Gasteiger partial charge >= 0.3 is 0 Å². The van der Waals surface area contributed by atoms with Gasteiger partial charge in [-0.2, -0.15) is 0 Å². The topological polar surface area (TPSA) is 6.48 Å². The summed E-state index contributed by atoms with van der Waals surface area (Å²) >= 11 is 0. The highest BCUT2D eigenvalue weighted by molar-refractivity contribution is 5.90. The number of fused-ring (bicyclic) bond motifs is 4. The predicted octanol–water partition coefficient (Wildman–Crippen LogP) is 11.6. The van der Waals surface area contributed by atoms with Crippen molar-refractivity contribution in [2.75, 3.05) is 9.80 Å². The van der Waals surface area contributed by atoms with E-state index in [9.17, 15) is 0 Å². The number of hydrogen-bond acceptors (Lipinski definition) is 2. The van der Waals surface area contributed by atoms with Gasteiger partial charge in [0, 0.05) is 22.2 Å². The van der Waals surface area contributed by atoms with Gasteiger partial charge in [0.15, 0.2) is 0 Å². The summed E-state index contributed by atoms with van der Waals surface area (Å²) in [5.41, 5.74) is 14.1. The SMILES string of the molecule is CCC(C)(C)c1ccc2c(c1)C(C)(C)c1ccccc1N2c1cccc(N2c3ccccc3C(C)(C)c3ccccc32)c1. The predicted molar refractivity (Wildman–Crippen MR) is 183 cm³/mol. The van der Waals surface area contributed by atoms with E-state index in [1.165, 1.54) is 61.9 Å². The van der Waals surface area contributed by atoms with Crippen LogP contribution in [0, 0.1) is 0 Å². The Labute approximate surface area is 257 Å². The third-order valence-corrected chi connectivity index (χ3v) is 10.4. The van der Waals surface area contributed by atoms with Gasteiger partial charge in [0.1, 0.15) is 0 Å². The Morgan fingerprint density at radius 1 is 0.488 bits per heavy atom. The number of anilines is 6. The van der Waals surface area contributed by atoms with E-state index in [1.54, 1.807) is 0 Å². The first kappa shape index (κ1) is 27.5. The molecule has 0 radical (unpaired) electrons. The lowest BCUT2D eigenvalue weighted by molar-refractivity contribution is 0.503. The molecule has 0 saturated heterocycles. The van der Waals surface area contributed by atoms with Crippen molar-refractivity contribution < 1.29 is 0 Å². The summed E-state index contributed by atoms with van der Waals surface area (Å²) in [5.74, 6) is 0. The Kier molecular flexibility index (Phi) is 6.15. The van der Waals surface area contributed by atoms with E-state index in [-0.39, 0.29) is 16.2 Å². The largest absolute Gasteiger partial charge is 0.310 e. The van der Waals surface area contributed by atoms with Gasteiger partial charge < -0.3 is 9.80 Å². The fourth-order valence-electron chi connectivity index (χ4n) is 7.33. The summed E-state index contributed by atoms with van der Waals surface area (Å²) in [6.45, 7) is 16.4. The van der Waals surface area contributed by atoms with Gasteiger partial charge in [0.05, 0.1) is 22.7 Å². The molecule has 2 heteroatoms. The molecule has 5 aromatic rings. The number of benzene rings is 5. The van der Waals surface area contributed by atoms with Crippen LogP contribution in [0.25, 0.3) is 0 Å². The van der Waals surface area contributed by atoms with Crippen LogP contribution in [0.1, 0.15) is 82.7 Å². The third kappa shape index (κ3) is 4.07. The van der Waals surface area contributed by atoms with Crippen LogP contribution in [0.3, 0.4) is 0 Å². The molecule has 0 saturated carbocycles. The summed E-state index contributed by atoms with van der Waals surface area (Å²) < 4.78 is 0. The molecule has 5 aromatic carbocycles. The second-order valence-electron chi connectivity index (χ2n) is 14.0. The summed E-state index contributed by atoms with van der Waals surface area (Å²) in [4.78, 5) is 4.93. The zero-order valence-corrected chi connectivity index (χ0v) is 26.6. The average molecular weight is 563 g/mol. The molecular formula is C41H42N2. The average Bonchev–Trinajstić information content (AvgIpc) is 3.01. The van der Waals surface area contributed by atoms with Gasteiger partial charge in [-0.3, -0.25) is 0 Å². The first-order valence-electron chi connectivity index (χ1n) is 15.7. The first-order valence-corrected chi connectivity index (χ1v) is 15.7. The Morgan fingerprint density at radius 3 is 1.37 bits per heavy atom. The van der Waals surface area contributed by atoms with E-state index >= 15 is 0 Å². The third-order valence-electron chi connectivity index (χ3n) is 10.4. The van der Waals surface area contributed by atoms with E-state index in [0.29, 0.717) is 0 Å². The summed E-state index contributed by atoms with van der Waals surface area (Å²) in [7, 11) is 0. The number of nitrogens with zero attached hydrogens (tertiary/aromatic N) is 2. The molecular weight excluding hydrogens is 520 g/mol. The van der Waals surface area contributed by atoms with Crippen LogP contribution in [0.4, 0.5) is 34.1 Å². The zero-order valence-electron chi connectivity index (χ0n) is 26.6. The second kappa shape index (κ2) is 9.61. The summed E-state index contributed by atoms with van der Waals surface area (Å²) in [6, 6.07) is 43.0. The standard InChI is InChI=1S/C41H42N2/c1-8-39(2,3)28-24-25-38-34(26-28)41(6,7)33-20-11-14-23-37(33)43(38)30-17-15-16-29(27-30)42-35-21-12-9-18-31(35)40(4,5)32-19-10-13-22-36(32)42/h9-27H,8H2,1-7H3. The fraction of sp³-hybridized carbons (Fsp3) is 0.268. The minimum absolute atomic E-state index is 0.0817. The quantitative estimate of drug-likeness (QED) is 0.215. The minimum atomic E-state index is -0.115. The van der Waals surface area contributed by atoms with Crippen LogP contribution >= 0.6 is 0 Å². The first-order chi connectivity index (χ1) is 20.6. The fourth-order valence-corrected chi connectivity index (χ4v) is 7.33. The molecule has 7 rings (SSSR count). The molecule has 0 spiro atoms. The highest BCUT2D eigenvalue weighted by Gasteiger charge is 2.39. The Balaban J connectivity index is 1.44. The van der Waals surface area contributed by atoms with E-state index in [4.69, 9.17) is 0 Å². The molecule has 2 nitrogen and oxygen atoms in total. The normalized spacial score (nSPS) is 16.2. The molecule has 2 aliphatic heterocycles. The van der Waals surface area contributed by atoms with Crippen LogP contribution < -0.4 is 9.80 Å². The molecule has 0 fully saturated rings. The van der Waals surface area contributed by atoms with Crippen molar-refractivity contribution in [1.29, 1.82) is 0 Å². The summed E-state index contributed by atoms with van der Waals surface area (Å²) in [5, 5.41) is 0. The monoisotopic (exact) mass is 562 g/mol. The molecule has 0 aromatic heterocycles. The Morgan fingerprint density at radius 2 is 0.907 bits per heavy atom. The van der Waals surface area contributed by atoms with E-state index in [1.807, 2.05) is 0 Å². The van der Waals surface area contributed by atoms with E-state index in [2.05, 4.69) is 174 Å². The molecule has 0 amide bonds. The van der Waals surface area contributed by atoms with Crippen LogP contribution in [0.2, 0.25) is 0 Å². The van der Waals surface area contributed by atoms with Gasteiger partial charge in [-0.25, -0.2) is 0 Å². The zero-order chi connectivity index (χ0) is 30.1. The molecule has 43 heavy (non-hydrogen) atoms. The molecule has 0 N–H and O–H groups in total. The molecule has 2 heterocycles. The van der Waals surface area contributed by atoms with Crippen LogP contribution in [0.15, 0.2) is 115 Å². The maximum atomic E-state index is 2.48. The lowest BCUT2D eigenvalue weighted by Gasteiger charge is -2.44. The molecule has 0 bridgehead atoms. The number of hydrogen-bond donors (Lipinski definition) is 0. The maximum absolute atomic E-state index is 2.48. The van der Waals surface area contributed by atoms with Gasteiger partial charge in [-0.15, -0.1) is 0 Å². The smallest absolute Gasteiger partial charge is 0.0502 e. The van der Waals surface area contributed by atoms with Crippen molar-refractivity contribution in [2.45, 2.75) is 71.1 Å². The van der Waals surface area contributed by atoms with Gasteiger partial charge in [-0.05, 0) is 82.1 Å². The maximum Gasteiger partial charge on any atom is 0.0502 e. The highest BCUT2D eigenvalue weighted by atomic mass is 15.2. The molecule has 0 unspecified atom stereocenters. The molecule has 2 aliphatic rings. The van der Waals surface area contributed by atoms with Crippen LogP contribution in [0.5, 0.6) is 0 Å². The lowest BCUT2D eigenvalue weighted by atomic mass is 9.71. The van der Waals surface area contributed by atoms with Crippen molar-refractivity contribution >= 4 is 34.1 Å². The van der Waals surface area contributed by atoms with Gasteiger partial charge in [-0.1, -0.05) is 121 Å². The van der Waals surface area contributed by atoms with Crippen molar-refractivity contribution in [3.63, 3.8) is 0 Å². The highest BCUT2D eigenvalue weighted by Crippen LogP contribution is 2.55. The van der Waals surface area contributed by atoms with Crippen molar-refractivity contribution in [3.05, 3.63) is 143 Å². The Bertz CT molecular complexity index is 1810. The van der Waals surface area contributed by atoms with Crippen molar-refractivity contribution in [2.24, 2.45) is 0 Å². The minimum Gasteiger partial charge on any atom is -0.310 e. The number of rotatable bonds is 4. The lowest BCUT2D eigenvalue weighted by Crippen LogP contribution is -2.32. The van der Waals surface area contributed by atoms with E-state index < -0.39 is 0 Å². The summed E-state index contributed by atoms with van der Waals surface area (Å²) in [6.07, 6.45) is 1.10. The molecule has 0 aliphatic carbocycles. The van der Waals surface area contributed by atoms with Crippen LogP contribution in [-0.4, -0.2) is 0 Å².